The Morgan fingerprint density at radius 1 is 1.44 bits per heavy atom. The number of fused-ring (bicyclic) bond motifs is 1. The van der Waals surface area contributed by atoms with Gasteiger partial charge in [-0.1, -0.05) is 0 Å². The van der Waals surface area contributed by atoms with Gasteiger partial charge >= 0.3 is 0 Å². The molecule has 1 aromatic rings. The topological polar surface area (TPSA) is 75.3 Å². The van der Waals surface area contributed by atoms with Crippen molar-refractivity contribution in [3.63, 3.8) is 0 Å². The van der Waals surface area contributed by atoms with Crippen LogP contribution >= 0.6 is 15.9 Å². The van der Waals surface area contributed by atoms with E-state index in [4.69, 9.17) is 0 Å². The van der Waals surface area contributed by atoms with Gasteiger partial charge in [-0.15, -0.1) is 0 Å². The number of carbonyl (C=O) groups is 1. The predicted octanol–water partition coefficient (Wildman–Crippen LogP) is 1.07. The van der Waals surface area contributed by atoms with Gasteiger partial charge in [0.2, 0.25) is 5.91 Å². The van der Waals surface area contributed by atoms with E-state index in [2.05, 4.69) is 26.6 Å². The molecule has 0 fully saturated rings. The van der Waals surface area contributed by atoms with Crippen molar-refractivity contribution in [2.75, 3.05) is 18.9 Å². The van der Waals surface area contributed by atoms with Gasteiger partial charge in [-0.25, -0.2) is 8.42 Å². The molecule has 0 aliphatic carbocycles. The second-order valence-electron chi connectivity index (χ2n) is 4.20. The number of rotatable bonds is 2. The molecule has 0 aromatic heterocycles. The van der Waals surface area contributed by atoms with Crippen LogP contribution in [0.25, 0.3) is 0 Å². The fourth-order valence-electron chi connectivity index (χ4n) is 1.94. The molecule has 0 saturated carbocycles. The van der Waals surface area contributed by atoms with Crippen LogP contribution in [0.1, 0.15) is 5.56 Å². The van der Waals surface area contributed by atoms with Crippen LogP contribution in [-0.2, 0) is 14.6 Å². The smallest absolute Gasteiger partial charge is 0.244 e. The highest BCUT2D eigenvalue weighted by atomic mass is 79.9. The Morgan fingerprint density at radius 3 is 2.72 bits per heavy atom. The van der Waals surface area contributed by atoms with Gasteiger partial charge in [0.05, 0.1) is 10.6 Å². The number of sulfone groups is 1. The van der Waals surface area contributed by atoms with Crippen LogP contribution in [0.2, 0.25) is 0 Å². The number of benzene rings is 1. The Hall–Kier alpha value is -0.920. The quantitative estimate of drug-likeness (QED) is 0.849. The zero-order valence-electron chi connectivity index (χ0n) is 9.95. The molecular weight excluding hydrogens is 320 g/mol. The average molecular weight is 333 g/mol. The van der Waals surface area contributed by atoms with Crippen molar-refractivity contribution < 1.29 is 13.2 Å². The summed E-state index contributed by atoms with van der Waals surface area (Å²) in [5.41, 5.74) is 1.15. The molecule has 7 heteroatoms. The summed E-state index contributed by atoms with van der Waals surface area (Å²) in [6, 6.07) is 3.35. The highest BCUT2D eigenvalue weighted by Gasteiger charge is 2.40. The van der Waals surface area contributed by atoms with Crippen LogP contribution in [0.4, 0.5) is 5.69 Å². The molecule has 0 bridgehead atoms. The first kappa shape index (κ1) is 13.5. The van der Waals surface area contributed by atoms with Gasteiger partial charge in [-0.3, -0.25) is 4.79 Å². The van der Waals surface area contributed by atoms with E-state index in [1.165, 1.54) is 0 Å². The van der Waals surface area contributed by atoms with E-state index >= 15 is 0 Å². The number of carbonyl (C=O) groups excluding carboxylic acids is 1. The van der Waals surface area contributed by atoms with Crippen molar-refractivity contribution in [1.29, 1.82) is 0 Å². The van der Waals surface area contributed by atoms with Crippen LogP contribution < -0.4 is 10.6 Å². The first-order valence-electron chi connectivity index (χ1n) is 5.37. The van der Waals surface area contributed by atoms with E-state index in [1.807, 2.05) is 6.92 Å². The monoisotopic (exact) mass is 332 g/mol. The Morgan fingerprint density at radius 2 is 2.11 bits per heavy atom. The van der Waals surface area contributed by atoms with E-state index in [0.717, 1.165) is 5.56 Å². The fourth-order valence-corrected chi connectivity index (χ4v) is 4.58. The van der Waals surface area contributed by atoms with E-state index in [1.54, 1.807) is 19.2 Å². The van der Waals surface area contributed by atoms with Crippen molar-refractivity contribution in [1.82, 2.24) is 5.32 Å². The largest absolute Gasteiger partial charge is 0.323 e. The van der Waals surface area contributed by atoms with Gasteiger partial charge in [0.1, 0.15) is 0 Å². The summed E-state index contributed by atoms with van der Waals surface area (Å²) >= 11 is 3.28. The van der Waals surface area contributed by atoms with Gasteiger partial charge in [-0.2, -0.15) is 0 Å². The van der Waals surface area contributed by atoms with Gasteiger partial charge in [0, 0.05) is 11.0 Å². The van der Waals surface area contributed by atoms with Crippen molar-refractivity contribution >= 4 is 37.4 Å². The molecule has 18 heavy (non-hydrogen) atoms. The lowest BCUT2D eigenvalue weighted by Gasteiger charge is -2.25. The standard InChI is InChI=1S/C11H13BrN2O3S/c1-6-3-7(12)10-8(4-6)18(16,17)9(5-13-2)11(15)14-10/h3-4,9,13H,5H2,1-2H3,(H,14,15). The molecule has 1 aromatic carbocycles. The zero-order chi connectivity index (χ0) is 13.5. The molecule has 2 N–H and O–H groups in total. The first-order valence-corrected chi connectivity index (χ1v) is 7.71. The molecule has 0 saturated heterocycles. The summed E-state index contributed by atoms with van der Waals surface area (Å²) in [6.07, 6.45) is 0. The first-order chi connectivity index (χ1) is 8.37. The number of aryl methyl sites for hydroxylation is 1. The number of hydrogen-bond donors (Lipinski definition) is 2. The third kappa shape index (κ3) is 2.06. The average Bonchev–Trinajstić information content (AvgIpc) is 2.26. The summed E-state index contributed by atoms with van der Waals surface area (Å²) in [6.45, 7) is 1.91. The number of hydrogen-bond acceptors (Lipinski definition) is 4. The Labute approximate surface area is 114 Å². The summed E-state index contributed by atoms with van der Waals surface area (Å²) < 4.78 is 25.4. The van der Waals surface area contributed by atoms with Crippen LogP contribution in [0, 0.1) is 6.92 Å². The number of nitrogens with one attached hydrogen (secondary N) is 2. The van der Waals surface area contributed by atoms with Crippen LogP contribution in [0.3, 0.4) is 0 Å². The Bertz CT molecular complexity index is 613. The molecule has 1 aliphatic rings. The third-order valence-electron chi connectivity index (χ3n) is 2.81. The fraction of sp³-hybridized carbons (Fsp3) is 0.364. The summed E-state index contributed by atoms with van der Waals surface area (Å²) in [7, 11) is -2.03. The van der Waals surface area contributed by atoms with Gasteiger partial charge in [0.15, 0.2) is 15.1 Å². The minimum atomic E-state index is -3.64. The lowest BCUT2D eigenvalue weighted by atomic mass is 10.2. The lowest BCUT2D eigenvalue weighted by molar-refractivity contribution is -0.115. The van der Waals surface area contributed by atoms with Gasteiger partial charge in [0.25, 0.3) is 0 Å². The molecule has 1 amide bonds. The summed E-state index contributed by atoms with van der Waals surface area (Å²) in [5, 5.41) is 4.29. The maximum atomic E-state index is 12.4. The van der Waals surface area contributed by atoms with Crippen molar-refractivity contribution in [2.45, 2.75) is 17.1 Å². The van der Waals surface area contributed by atoms with E-state index in [-0.39, 0.29) is 11.4 Å². The molecule has 0 spiro atoms. The maximum Gasteiger partial charge on any atom is 0.244 e. The third-order valence-corrected chi connectivity index (χ3v) is 5.50. The van der Waals surface area contributed by atoms with Crippen molar-refractivity contribution in [3.8, 4) is 0 Å². The molecule has 1 atom stereocenters. The van der Waals surface area contributed by atoms with Gasteiger partial charge in [-0.05, 0) is 47.6 Å². The van der Waals surface area contributed by atoms with Crippen LogP contribution in [-0.4, -0.2) is 33.2 Å². The van der Waals surface area contributed by atoms with Crippen LogP contribution in [0.5, 0.6) is 0 Å². The molecule has 2 rings (SSSR count). The Balaban J connectivity index is 2.67. The SMILES string of the molecule is CNCC1C(=O)Nc2c(Br)cc(C)cc2S1(=O)=O. The number of anilines is 1. The molecule has 1 aliphatic heterocycles. The Kier molecular flexibility index (Phi) is 3.48. The van der Waals surface area contributed by atoms with Crippen molar-refractivity contribution in [2.24, 2.45) is 0 Å². The number of amides is 1. The zero-order valence-corrected chi connectivity index (χ0v) is 12.4. The van der Waals surface area contributed by atoms with E-state index < -0.39 is 21.0 Å². The molecule has 1 heterocycles. The second-order valence-corrected chi connectivity index (χ2v) is 7.15. The van der Waals surface area contributed by atoms with E-state index in [0.29, 0.717) is 10.2 Å². The lowest BCUT2D eigenvalue weighted by Crippen LogP contribution is -2.45. The van der Waals surface area contributed by atoms with Crippen LogP contribution in [0.15, 0.2) is 21.5 Å². The summed E-state index contributed by atoms with van der Waals surface area (Å²) in [4.78, 5) is 12.0. The highest BCUT2D eigenvalue weighted by Crippen LogP contribution is 2.36. The van der Waals surface area contributed by atoms with E-state index in [9.17, 15) is 13.2 Å². The second kappa shape index (κ2) is 4.64. The molecule has 5 nitrogen and oxygen atoms in total. The minimum Gasteiger partial charge on any atom is -0.323 e. The molecule has 1 unspecified atom stereocenters. The maximum absolute atomic E-state index is 12.4. The minimum absolute atomic E-state index is 0.0964. The van der Waals surface area contributed by atoms with Crippen molar-refractivity contribution in [3.05, 3.63) is 22.2 Å². The van der Waals surface area contributed by atoms with Gasteiger partial charge < -0.3 is 10.6 Å². The highest BCUT2D eigenvalue weighted by molar-refractivity contribution is 9.10. The molecule has 0 radical (unpaired) electrons. The number of halogens is 1. The molecule has 98 valence electrons. The summed E-state index contributed by atoms with van der Waals surface area (Å²) in [5.74, 6) is -0.499. The normalized spacial score (nSPS) is 21.3. The molecular formula is C11H13BrN2O3S. The predicted molar refractivity (Wildman–Crippen MR) is 72.4 cm³/mol.